The van der Waals surface area contributed by atoms with Crippen LogP contribution in [0.1, 0.15) is 50.5 Å². The van der Waals surface area contributed by atoms with Crippen LogP contribution in [0, 0.1) is 0 Å². The summed E-state index contributed by atoms with van der Waals surface area (Å²) >= 11 is 6.03. The lowest BCUT2D eigenvalue weighted by Crippen LogP contribution is -2.37. The summed E-state index contributed by atoms with van der Waals surface area (Å²) in [6, 6.07) is 7.57. The largest absolute Gasteiger partial charge is 0.353 e. The van der Waals surface area contributed by atoms with E-state index >= 15 is 0 Å². The molecule has 4 nitrogen and oxygen atoms in total. The Labute approximate surface area is 136 Å². The number of carbonyl (C=O) groups is 2. The summed E-state index contributed by atoms with van der Waals surface area (Å²) in [5, 5.41) is 6.33. The van der Waals surface area contributed by atoms with Gasteiger partial charge in [-0.25, -0.2) is 0 Å². The van der Waals surface area contributed by atoms with Gasteiger partial charge in [0.25, 0.3) is 0 Å². The number of halogens is 1. The Bertz CT molecular complexity index is 511. The highest BCUT2D eigenvalue weighted by molar-refractivity contribution is 6.31. The second-order valence-corrected chi connectivity index (χ2v) is 6.21. The summed E-state index contributed by atoms with van der Waals surface area (Å²) in [7, 11) is 0. The van der Waals surface area contributed by atoms with Crippen molar-refractivity contribution in [1.29, 1.82) is 0 Å². The monoisotopic (exact) mass is 322 g/mol. The molecule has 1 aliphatic carbocycles. The van der Waals surface area contributed by atoms with E-state index in [0.717, 1.165) is 31.2 Å². The molecule has 22 heavy (non-hydrogen) atoms. The van der Waals surface area contributed by atoms with E-state index < -0.39 is 0 Å². The van der Waals surface area contributed by atoms with E-state index in [-0.39, 0.29) is 24.3 Å². The molecule has 1 fully saturated rings. The summed E-state index contributed by atoms with van der Waals surface area (Å²) in [5.41, 5.74) is 0.849. The maximum atomic E-state index is 11.9. The molecule has 1 aromatic rings. The van der Waals surface area contributed by atoms with Gasteiger partial charge in [-0.15, -0.1) is 0 Å². The second kappa shape index (κ2) is 8.79. The van der Waals surface area contributed by atoms with Gasteiger partial charge < -0.3 is 10.6 Å². The minimum atomic E-state index is -0.272. The van der Waals surface area contributed by atoms with Crippen LogP contribution in [0.25, 0.3) is 0 Å². The van der Waals surface area contributed by atoms with E-state index in [0.29, 0.717) is 11.6 Å². The number of benzene rings is 1. The van der Waals surface area contributed by atoms with Crippen LogP contribution in [-0.2, 0) is 16.1 Å². The molecule has 0 heterocycles. The second-order valence-electron chi connectivity index (χ2n) is 5.80. The van der Waals surface area contributed by atoms with Crippen LogP contribution in [0.3, 0.4) is 0 Å². The van der Waals surface area contributed by atoms with Crippen molar-refractivity contribution in [3.63, 3.8) is 0 Å². The minimum Gasteiger partial charge on any atom is -0.353 e. The molecule has 2 amide bonds. The average molecular weight is 323 g/mol. The first-order valence-electron chi connectivity index (χ1n) is 7.94. The quantitative estimate of drug-likeness (QED) is 0.646. The van der Waals surface area contributed by atoms with E-state index in [2.05, 4.69) is 10.6 Å². The van der Waals surface area contributed by atoms with Gasteiger partial charge in [0.15, 0.2) is 0 Å². The standard InChI is InChI=1S/C17H23ClN2O2/c18-15-10-6-5-7-13(15)12-19-16(21)11-17(22)20-14-8-3-1-2-4-9-14/h5-7,10,14H,1-4,8-9,11-12H2,(H,19,21)(H,20,22). The van der Waals surface area contributed by atoms with Crippen molar-refractivity contribution in [3.8, 4) is 0 Å². The van der Waals surface area contributed by atoms with Crippen LogP contribution < -0.4 is 10.6 Å². The zero-order valence-corrected chi connectivity index (χ0v) is 13.5. The molecule has 2 N–H and O–H groups in total. The van der Waals surface area contributed by atoms with Crippen LogP contribution in [0.5, 0.6) is 0 Å². The summed E-state index contributed by atoms with van der Waals surface area (Å²) in [6.45, 7) is 0.342. The van der Waals surface area contributed by atoms with E-state index in [1.807, 2.05) is 18.2 Å². The molecule has 0 bridgehead atoms. The Morgan fingerprint density at radius 1 is 1.05 bits per heavy atom. The smallest absolute Gasteiger partial charge is 0.229 e. The normalized spacial score (nSPS) is 15.9. The highest BCUT2D eigenvalue weighted by atomic mass is 35.5. The molecular weight excluding hydrogens is 300 g/mol. The highest BCUT2D eigenvalue weighted by Crippen LogP contribution is 2.17. The third-order valence-corrected chi connectivity index (χ3v) is 4.34. The Hall–Kier alpha value is -1.55. The first-order chi connectivity index (χ1) is 10.6. The highest BCUT2D eigenvalue weighted by Gasteiger charge is 2.16. The fourth-order valence-electron chi connectivity index (χ4n) is 2.75. The molecule has 0 aromatic heterocycles. The fourth-order valence-corrected chi connectivity index (χ4v) is 2.95. The van der Waals surface area contributed by atoms with Gasteiger partial charge in [-0.2, -0.15) is 0 Å². The van der Waals surface area contributed by atoms with Crippen LogP contribution in [0.2, 0.25) is 5.02 Å². The van der Waals surface area contributed by atoms with E-state index in [1.165, 1.54) is 12.8 Å². The van der Waals surface area contributed by atoms with Crippen LogP contribution in [0.15, 0.2) is 24.3 Å². The number of nitrogens with one attached hydrogen (secondary N) is 2. The summed E-state index contributed by atoms with van der Waals surface area (Å²) < 4.78 is 0. The van der Waals surface area contributed by atoms with Gasteiger partial charge >= 0.3 is 0 Å². The molecule has 1 aliphatic rings. The predicted molar refractivity (Wildman–Crippen MR) is 87.5 cm³/mol. The van der Waals surface area contributed by atoms with Crippen LogP contribution in [0.4, 0.5) is 0 Å². The van der Waals surface area contributed by atoms with Crippen molar-refractivity contribution >= 4 is 23.4 Å². The van der Waals surface area contributed by atoms with Crippen LogP contribution >= 0.6 is 11.6 Å². The molecule has 2 rings (SSSR count). The van der Waals surface area contributed by atoms with Crippen molar-refractivity contribution in [2.24, 2.45) is 0 Å². The fraction of sp³-hybridized carbons (Fsp3) is 0.529. The average Bonchev–Trinajstić information content (AvgIpc) is 2.75. The maximum Gasteiger partial charge on any atom is 0.229 e. The molecule has 5 heteroatoms. The zero-order chi connectivity index (χ0) is 15.8. The summed E-state index contributed by atoms with van der Waals surface area (Å²) in [4.78, 5) is 23.7. The molecule has 0 radical (unpaired) electrons. The molecule has 1 aromatic carbocycles. The van der Waals surface area contributed by atoms with Crippen molar-refractivity contribution in [2.45, 2.75) is 57.5 Å². The molecule has 0 atom stereocenters. The number of amides is 2. The van der Waals surface area contributed by atoms with Gasteiger partial charge in [0, 0.05) is 17.6 Å². The number of carbonyl (C=O) groups excluding carboxylic acids is 2. The number of rotatable bonds is 5. The van der Waals surface area contributed by atoms with Crippen molar-refractivity contribution in [3.05, 3.63) is 34.9 Å². The summed E-state index contributed by atoms with van der Waals surface area (Å²) in [5.74, 6) is -0.463. The van der Waals surface area contributed by atoms with Gasteiger partial charge in [-0.3, -0.25) is 9.59 Å². The van der Waals surface area contributed by atoms with E-state index in [1.54, 1.807) is 6.07 Å². The molecule has 0 unspecified atom stereocenters. The molecule has 0 spiro atoms. The first kappa shape index (κ1) is 16.8. The summed E-state index contributed by atoms with van der Waals surface area (Å²) in [6.07, 6.45) is 6.71. The molecule has 0 saturated heterocycles. The maximum absolute atomic E-state index is 11.9. The number of hydrogen-bond donors (Lipinski definition) is 2. The first-order valence-corrected chi connectivity index (χ1v) is 8.32. The van der Waals surface area contributed by atoms with Crippen LogP contribution in [-0.4, -0.2) is 17.9 Å². The Morgan fingerprint density at radius 2 is 1.73 bits per heavy atom. The third kappa shape index (κ3) is 5.68. The molecular formula is C17H23ClN2O2. The Balaban J connectivity index is 1.72. The van der Waals surface area contributed by atoms with Gasteiger partial charge in [-0.1, -0.05) is 55.5 Å². The lowest BCUT2D eigenvalue weighted by atomic mass is 10.1. The van der Waals surface area contributed by atoms with Crippen molar-refractivity contribution < 1.29 is 9.59 Å². The Kier molecular flexibility index (Phi) is 6.72. The van der Waals surface area contributed by atoms with Crippen molar-refractivity contribution in [1.82, 2.24) is 10.6 Å². The third-order valence-electron chi connectivity index (χ3n) is 3.98. The molecule has 1 saturated carbocycles. The lowest BCUT2D eigenvalue weighted by Gasteiger charge is -2.16. The van der Waals surface area contributed by atoms with Crippen molar-refractivity contribution in [2.75, 3.05) is 0 Å². The zero-order valence-electron chi connectivity index (χ0n) is 12.7. The Morgan fingerprint density at radius 3 is 2.41 bits per heavy atom. The van der Waals surface area contributed by atoms with E-state index in [9.17, 15) is 9.59 Å². The van der Waals surface area contributed by atoms with Gasteiger partial charge in [0.05, 0.1) is 0 Å². The lowest BCUT2D eigenvalue weighted by molar-refractivity contribution is -0.129. The van der Waals surface area contributed by atoms with Gasteiger partial charge in [0.2, 0.25) is 11.8 Å². The molecule has 120 valence electrons. The SMILES string of the molecule is O=C(CC(=O)NC1CCCCCC1)NCc1ccccc1Cl. The topological polar surface area (TPSA) is 58.2 Å². The predicted octanol–water partition coefficient (Wildman–Crippen LogP) is 3.19. The number of hydrogen-bond acceptors (Lipinski definition) is 2. The minimum absolute atomic E-state index is 0.124. The van der Waals surface area contributed by atoms with E-state index in [4.69, 9.17) is 11.6 Å². The van der Waals surface area contributed by atoms with Gasteiger partial charge in [-0.05, 0) is 24.5 Å². The van der Waals surface area contributed by atoms with Gasteiger partial charge in [0.1, 0.15) is 6.42 Å². The molecule has 0 aliphatic heterocycles.